The average Bonchev–Trinajstić information content (AvgIpc) is 3.81. The molecule has 61 heavy (non-hydrogen) atoms. The minimum atomic E-state index is -4.45. The van der Waals surface area contributed by atoms with Gasteiger partial charge in [-0.1, -0.05) is 26.0 Å². The van der Waals surface area contributed by atoms with Gasteiger partial charge in [0.1, 0.15) is 11.4 Å². The first kappa shape index (κ1) is 44.4. The number of hydrogen-bond acceptors (Lipinski definition) is 11. The number of aromatic nitrogens is 4. The molecule has 4 aromatic heterocycles. The van der Waals surface area contributed by atoms with E-state index in [0.29, 0.717) is 35.6 Å². The fourth-order valence-corrected chi connectivity index (χ4v) is 7.34. The Morgan fingerprint density at radius 2 is 1.26 bits per heavy atom. The van der Waals surface area contributed by atoms with Crippen molar-refractivity contribution in [2.45, 2.75) is 76.8 Å². The first-order valence-corrected chi connectivity index (χ1v) is 19.7. The standard InChI is InChI=1S/C21H21F3N4O2.C14H16F3N3O.C7H7NO2/c1-13(21(22,23)24)10-18(29)16-5-6-17-20(26-16)28(15-7-9-27(17)12-15)19(30)11-14-4-2-3-8-25-14;1-8(14(15,16)17)6-12(21)10-2-3-11-13(19-10)18-9-4-5-20(11)7-9;9-7(10)5-6-3-1-2-4-8-6/h2-6,8,13,15H,7,9-12H2,1H3;2-3,8-9H,4-7H2,1H3,(H,18,19);1-4H,5H2,(H,9,10)/t13-,15-;8-,9-;/m00./s1. The Bertz CT molecular complexity index is 2210. The molecule has 0 unspecified atom stereocenters. The van der Waals surface area contributed by atoms with Gasteiger partial charge in [0.25, 0.3) is 0 Å². The van der Waals surface area contributed by atoms with Crippen LogP contribution in [-0.2, 0) is 22.4 Å². The Labute approximate surface area is 347 Å². The van der Waals surface area contributed by atoms with E-state index in [9.17, 15) is 45.5 Å². The van der Waals surface area contributed by atoms with Crippen LogP contribution in [0.4, 0.5) is 49.4 Å². The number of Topliss-reactive ketones (excluding diaryl/α,β-unsaturated/α-hetero) is 2. The SMILES string of the molecule is C[C@@H](CC(=O)c1ccc2c(n1)N(C(=O)Cc1ccccn1)[C@H]1CCN2C1)C(F)(F)F.C[C@@H](CC(=O)c1ccc2c(n1)N[C@H]1CCN2C1)C(F)(F)F.O=C(O)Cc1ccccn1. The molecule has 324 valence electrons. The summed E-state index contributed by atoms with van der Waals surface area (Å²) < 4.78 is 76.1. The average molecular weight is 855 g/mol. The summed E-state index contributed by atoms with van der Waals surface area (Å²) in [7, 11) is 0. The number of ketones is 2. The molecule has 4 aliphatic rings. The fraction of sp³-hybridized carbons (Fsp3) is 0.429. The number of pyridine rings is 4. The highest BCUT2D eigenvalue weighted by Gasteiger charge is 2.42. The molecule has 2 N–H and O–H groups in total. The number of carboxylic acid groups (broad SMARTS) is 1. The van der Waals surface area contributed by atoms with Crippen LogP contribution < -0.4 is 20.0 Å². The van der Waals surface area contributed by atoms with Gasteiger partial charge in [0, 0.05) is 63.2 Å². The number of carbonyl (C=O) groups is 4. The van der Waals surface area contributed by atoms with Crippen LogP contribution in [0.5, 0.6) is 0 Å². The van der Waals surface area contributed by atoms with E-state index in [1.807, 2.05) is 0 Å². The lowest BCUT2D eigenvalue weighted by atomic mass is 10.0. The fourth-order valence-electron chi connectivity index (χ4n) is 7.34. The van der Waals surface area contributed by atoms with Gasteiger partial charge in [-0.25, -0.2) is 9.97 Å². The third-order valence-electron chi connectivity index (χ3n) is 10.8. The second-order valence-electron chi connectivity index (χ2n) is 15.4. The van der Waals surface area contributed by atoms with Gasteiger partial charge < -0.3 is 20.2 Å². The van der Waals surface area contributed by atoms with Crippen LogP contribution in [0.1, 0.15) is 71.9 Å². The molecule has 19 heteroatoms. The van der Waals surface area contributed by atoms with Crippen molar-refractivity contribution < 1.29 is 50.6 Å². The second-order valence-corrected chi connectivity index (χ2v) is 15.4. The summed E-state index contributed by atoms with van der Waals surface area (Å²) in [5.74, 6) is -4.77. The van der Waals surface area contributed by atoms with Gasteiger partial charge in [0.15, 0.2) is 23.2 Å². The minimum Gasteiger partial charge on any atom is -0.481 e. The third-order valence-corrected chi connectivity index (χ3v) is 10.8. The van der Waals surface area contributed by atoms with Crippen molar-refractivity contribution in [2.75, 3.05) is 46.2 Å². The Morgan fingerprint density at radius 3 is 1.82 bits per heavy atom. The number of carboxylic acids is 1. The van der Waals surface area contributed by atoms with E-state index < -0.39 is 54.6 Å². The summed E-state index contributed by atoms with van der Waals surface area (Å²) in [6.07, 6.45) is -5.00. The van der Waals surface area contributed by atoms with Gasteiger partial charge in [0.2, 0.25) is 5.91 Å². The highest BCUT2D eigenvalue weighted by atomic mass is 19.4. The summed E-state index contributed by atoms with van der Waals surface area (Å²) in [5.41, 5.74) is 2.90. The van der Waals surface area contributed by atoms with Crippen molar-refractivity contribution in [1.82, 2.24) is 19.9 Å². The summed E-state index contributed by atoms with van der Waals surface area (Å²) in [4.78, 5) is 70.1. The van der Waals surface area contributed by atoms with E-state index >= 15 is 0 Å². The van der Waals surface area contributed by atoms with Crippen molar-refractivity contribution in [3.05, 3.63) is 95.8 Å². The van der Waals surface area contributed by atoms with E-state index in [0.717, 1.165) is 57.7 Å². The molecule has 4 aliphatic heterocycles. The van der Waals surface area contributed by atoms with E-state index in [4.69, 9.17) is 5.11 Å². The predicted molar refractivity (Wildman–Crippen MR) is 213 cm³/mol. The predicted octanol–water partition coefficient (Wildman–Crippen LogP) is 6.98. The molecule has 4 atom stereocenters. The van der Waals surface area contributed by atoms with E-state index in [1.54, 1.807) is 65.8 Å². The van der Waals surface area contributed by atoms with Gasteiger partial charge in [-0.3, -0.25) is 34.0 Å². The zero-order valence-corrected chi connectivity index (χ0v) is 33.3. The number of alkyl halides is 6. The molecule has 2 saturated heterocycles. The van der Waals surface area contributed by atoms with Crippen LogP contribution in [0, 0.1) is 11.8 Å². The number of halogens is 6. The molecule has 8 rings (SSSR count). The number of hydrogen-bond donors (Lipinski definition) is 2. The molecular formula is C42H44F6N8O5. The molecule has 0 saturated carbocycles. The lowest BCUT2D eigenvalue weighted by Crippen LogP contribution is -2.47. The maximum absolute atomic E-state index is 13.1. The molecule has 0 radical (unpaired) electrons. The monoisotopic (exact) mass is 854 g/mol. The number of fused-ring (bicyclic) bond motifs is 8. The van der Waals surface area contributed by atoms with Gasteiger partial charge in [-0.05, 0) is 61.4 Å². The maximum atomic E-state index is 13.1. The number of nitrogens with one attached hydrogen (secondary N) is 1. The van der Waals surface area contributed by atoms with Gasteiger partial charge >= 0.3 is 18.3 Å². The smallest absolute Gasteiger partial charge is 0.391 e. The van der Waals surface area contributed by atoms with Gasteiger partial charge in [-0.15, -0.1) is 0 Å². The molecule has 8 heterocycles. The van der Waals surface area contributed by atoms with Crippen LogP contribution in [0.25, 0.3) is 0 Å². The summed E-state index contributed by atoms with van der Waals surface area (Å²) in [6.45, 7) is 5.26. The normalized spacial score (nSPS) is 18.3. The van der Waals surface area contributed by atoms with Crippen molar-refractivity contribution in [3.63, 3.8) is 0 Å². The summed E-state index contributed by atoms with van der Waals surface area (Å²) >= 11 is 0. The van der Waals surface area contributed by atoms with Crippen LogP contribution in [0.2, 0.25) is 0 Å². The molecule has 1 amide bonds. The third kappa shape index (κ3) is 11.2. The summed E-state index contributed by atoms with van der Waals surface area (Å²) in [6, 6.07) is 17.2. The van der Waals surface area contributed by atoms with Gasteiger partial charge in [0.05, 0.1) is 47.8 Å². The molecule has 0 spiro atoms. The lowest BCUT2D eigenvalue weighted by Gasteiger charge is -2.36. The molecule has 0 aromatic carbocycles. The quantitative estimate of drug-likeness (QED) is 0.125. The molecule has 13 nitrogen and oxygen atoms in total. The highest BCUT2D eigenvalue weighted by molar-refractivity contribution is 6.01. The molecule has 4 bridgehead atoms. The Kier molecular flexibility index (Phi) is 13.6. The summed E-state index contributed by atoms with van der Waals surface area (Å²) in [5, 5.41) is 11.6. The van der Waals surface area contributed by atoms with Crippen molar-refractivity contribution >= 4 is 46.5 Å². The van der Waals surface area contributed by atoms with E-state index in [-0.39, 0.29) is 36.2 Å². The zero-order valence-electron chi connectivity index (χ0n) is 33.3. The van der Waals surface area contributed by atoms with Crippen molar-refractivity contribution in [2.24, 2.45) is 11.8 Å². The largest absolute Gasteiger partial charge is 0.481 e. The van der Waals surface area contributed by atoms with Crippen LogP contribution in [0.15, 0.2) is 73.1 Å². The number of anilines is 4. The molecule has 4 aromatic rings. The number of nitrogens with zero attached hydrogens (tertiary/aromatic N) is 7. The first-order valence-electron chi connectivity index (χ1n) is 19.7. The lowest BCUT2D eigenvalue weighted by molar-refractivity contribution is -0.169. The Hall–Kier alpha value is -6.14. The van der Waals surface area contributed by atoms with Crippen molar-refractivity contribution in [1.29, 1.82) is 0 Å². The molecule has 2 fully saturated rings. The maximum Gasteiger partial charge on any atom is 0.391 e. The first-order chi connectivity index (χ1) is 28.9. The minimum absolute atomic E-state index is 0.000833. The van der Waals surface area contributed by atoms with Crippen LogP contribution >= 0.6 is 0 Å². The number of aliphatic carboxylic acids is 1. The van der Waals surface area contributed by atoms with Crippen molar-refractivity contribution in [3.8, 4) is 0 Å². The number of carbonyl (C=O) groups excluding carboxylic acids is 3. The Morgan fingerprint density at radius 1 is 0.721 bits per heavy atom. The number of rotatable bonds is 10. The topological polar surface area (TPSA) is 162 Å². The van der Waals surface area contributed by atoms with Crippen LogP contribution in [-0.4, -0.2) is 99.1 Å². The number of amides is 1. The second kappa shape index (κ2) is 18.6. The molecular weight excluding hydrogens is 811 g/mol. The van der Waals surface area contributed by atoms with E-state index in [2.05, 4.69) is 35.1 Å². The highest BCUT2D eigenvalue weighted by Crippen LogP contribution is 2.40. The van der Waals surface area contributed by atoms with Gasteiger partial charge in [-0.2, -0.15) is 26.3 Å². The van der Waals surface area contributed by atoms with Crippen LogP contribution in [0.3, 0.4) is 0 Å². The zero-order chi connectivity index (χ0) is 44.1. The molecule has 0 aliphatic carbocycles. The van der Waals surface area contributed by atoms with E-state index in [1.165, 1.54) is 12.1 Å². The Balaban J connectivity index is 0.000000173.